The monoisotopic (exact) mass is 258 g/mol. The van der Waals surface area contributed by atoms with Crippen LogP contribution in [-0.4, -0.2) is 5.11 Å². The van der Waals surface area contributed by atoms with Crippen LogP contribution in [-0.2, 0) is 12.0 Å². The Bertz CT molecular complexity index is 579. The minimum Gasteiger partial charge on any atom is -0.380 e. The van der Waals surface area contributed by atoms with Crippen LogP contribution in [0.1, 0.15) is 29.5 Å². The molecule has 1 atom stereocenters. The molecule has 0 saturated carbocycles. The highest BCUT2D eigenvalue weighted by Gasteiger charge is 2.35. The molecule has 0 aliphatic heterocycles. The number of aliphatic hydroxyl groups is 1. The summed E-state index contributed by atoms with van der Waals surface area (Å²) in [6.07, 6.45) is 2.80. The summed E-state index contributed by atoms with van der Waals surface area (Å²) in [5.41, 5.74) is 2.27. The minimum absolute atomic E-state index is 0.670. The van der Waals surface area contributed by atoms with Gasteiger partial charge >= 0.3 is 0 Å². The van der Waals surface area contributed by atoms with Gasteiger partial charge in [-0.2, -0.15) is 0 Å². The molecule has 0 amide bonds. The van der Waals surface area contributed by atoms with Crippen LogP contribution in [0.2, 0.25) is 5.02 Å². The molecular formula is C16H15ClO. The standard InChI is InChI=1S/C16H15ClO/c17-14-8-3-7-13(11-14)16(18)10-4-6-12-5-1-2-9-15(12)16/h1-3,5,7-9,11,18H,4,6,10H2. The third-order valence-corrected chi connectivity index (χ3v) is 3.98. The first-order valence-electron chi connectivity index (χ1n) is 6.27. The molecule has 2 aromatic rings. The van der Waals surface area contributed by atoms with Gasteiger partial charge in [-0.15, -0.1) is 0 Å². The maximum Gasteiger partial charge on any atom is 0.115 e. The Balaban J connectivity index is 2.16. The molecule has 2 aromatic carbocycles. The molecule has 2 heteroatoms. The zero-order chi connectivity index (χ0) is 12.6. The van der Waals surface area contributed by atoms with Crippen LogP contribution in [0.3, 0.4) is 0 Å². The normalized spacial score (nSPS) is 22.6. The lowest BCUT2D eigenvalue weighted by molar-refractivity contribution is 0.0616. The topological polar surface area (TPSA) is 20.2 Å². The second-order valence-electron chi connectivity index (χ2n) is 4.88. The lowest BCUT2D eigenvalue weighted by atomic mass is 9.75. The van der Waals surface area contributed by atoms with Crippen molar-refractivity contribution in [2.75, 3.05) is 0 Å². The van der Waals surface area contributed by atoms with Crippen molar-refractivity contribution in [3.8, 4) is 0 Å². The van der Waals surface area contributed by atoms with Crippen molar-refractivity contribution in [1.82, 2.24) is 0 Å². The van der Waals surface area contributed by atoms with Gasteiger partial charge in [0.1, 0.15) is 5.60 Å². The Morgan fingerprint density at radius 3 is 2.72 bits per heavy atom. The van der Waals surface area contributed by atoms with Crippen LogP contribution in [0, 0.1) is 0 Å². The summed E-state index contributed by atoms with van der Waals surface area (Å²) < 4.78 is 0. The summed E-state index contributed by atoms with van der Waals surface area (Å²) >= 11 is 6.04. The van der Waals surface area contributed by atoms with Gasteiger partial charge in [0.05, 0.1) is 0 Å². The van der Waals surface area contributed by atoms with E-state index in [1.54, 1.807) is 0 Å². The predicted octanol–water partition coefficient (Wildman–Crippen LogP) is 3.91. The van der Waals surface area contributed by atoms with E-state index in [0.29, 0.717) is 5.02 Å². The molecule has 3 rings (SSSR count). The van der Waals surface area contributed by atoms with E-state index in [2.05, 4.69) is 6.07 Å². The summed E-state index contributed by atoms with van der Waals surface area (Å²) in [6, 6.07) is 15.7. The minimum atomic E-state index is -0.889. The number of rotatable bonds is 1. The summed E-state index contributed by atoms with van der Waals surface area (Å²) in [6.45, 7) is 0. The highest BCUT2D eigenvalue weighted by Crippen LogP contribution is 2.40. The summed E-state index contributed by atoms with van der Waals surface area (Å²) in [5, 5.41) is 11.7. The summed E-state index contributed by atoms with van der Waals surface area (Å²) in [7, 11) is 0. The van der Waals surface area contributed by atoms with Gasteiger partial charge in [-0.05, 0) is 48.1 Å². The molecule has 0 bridgehead atoms. The van der Waals surface area contributed by atoms with Crippen molar-refractivity contribution in [2.45, 2.75) is 24.9 Å². The number of hydrogen-bond acceptors (Lipinski definition) is 1. The average Bonchev–Trinajstić information content (AvgIpc) is 2.39. The average molecular weight is 259 g/mol. The van der Waals surface area contributed by atoms with Gasteiger partial charge in [0.25, 0.3) is 0 Å². The van der Waals surface area contributed by atoms with Gasteiger partial charge in [0.15, 0.2) is 0 Å². The number of aryl methyl sites for hydroxylation is 1. The number of benzene rings is 2. The summed E-state index contributed by atoms with van der Waals surface area (Å²) in [4.78, 5) is 0. The third-order valence-electron chi connectivity index (χ3n) is 3.75. The molecule has 1 unspecified atom stereocenters. The second-order valence-corrected chi connectivity index (χ2v) is 5.32. The van der Waals surface area contributed by atoms with Crippen LogP contribution < -0.4 is 0 Å². The molecular weight excluding hydrogens is 244 g/mol. The van der Waals surface area contributed by atoms with E-state index in [0.717, 1.165) is 30.4 Å². The Morgan fingerprint density at radius 2 is 1.89 bits per heavy atom. The zero-order valence-corrected chi connectivity index (χ0v) is 10.8. The fourth-order valence-corrected chi connectivity index (χ4v) is 3.05. The maximum absolute atomic E-state index is 11.1. The van der Waals surface area contributed by atoms with E-state index in [1.165, 1.54) is 5.56 Å². The second kappa shape index (κ2) is 4.42. The van der Waals surface area contributed by atoms with E-state index in [9.17, 15) is 5.11 Å². The van der Waals surface area contributed by atoms with Crippen LogP contribution in [0.15, 0.2) is 48.5 Å². The van der Waals surface area contributed by atoms with Crippen molar-refractivity contribution in [3.63, 3.8) is 0 Å². The van der Waals surface area contributed by atoms with Crippen molar-refractivity contribution < 1.29 is 5.11 Å². The van der Waals surface area contributed by atoms with E-state index < -0.39 is 5.60 Å². The quantitative estimate of drug-likeness (QED) is 0.822. The van der Waals surface area contributed by atoms with E-state index in [4.69, 9.17) is 11.6 Å². The molecule has 0 spiro atoms. The zero-order valence-electron chi connectivity index (χ0n) is 10.1. The molecule has 0 heterocycles. The smallest absolute Gasteiger partial charge is 0.115 e. The molecule has 1 aliphatic carbocycles. The molecule has 0 radical (unpaired) electrons. The van der Waals surface area contributed by atoms with Crippen molar-refractivity contribution in [2.24, 2.45) is 0 Å². The lowest BCUT2D eigenvalue weighted by Crippen LogP contribution is -2.31. The first-order valence-corrected chi connectivity index (χ1v) is 6.65. The molecule has 92 valence electrons. The third kappa shape index (κ3) is 1.84. The van der Waals surface area contributed by atoms with Crippen LogP contribution in [0.25, 0.3) is 0 Å². The number of hydrogen-bond donors (Lipinski definition) is 1. The first-order chi connectivity index (χ1) is 8.70. The molecule has 1 aliphatic rings. The van der Waals surface area contributed by atoms with Crippen molar-refractivity contribution in [3.05, 3.63) is 70.2 Å². The molecule has 0 aromatic heterocycles. The molecule has 1 N–H and O–H groups in total. The molecule has 18 heavy (non-hydrogen) atoms. The Labute approximate surface area is 112 Å². The number of halogens is 1. The van der Waals surface area contributed by atoms with Crippen molar-refractivity contribution >= 4 is 11.6 Å². The van der Waals surface area contributed by atoms with Gasteiger partial charge in [0, 0.05) is 5.02 Å². The van der Waals surface area contributed by atoms with E-state index in [-0.39, 0.29) is 0 Å². The molecule has 1 nitrogen and oxygen atoms in total. The molecule has 0 saturated heterocycles. The van der Waals surface area contributed by atoms with Gasteiger partial charge < -0.3 is 5.11 Å². The Kier molecular flexibility index (Phi) is 2.89. The maximum atomic E-state index is 11.1. The lowest BCUT2D eigenvalue weighted by Gasteiger charge is -2.35. The van der Waals surface area contributed by atoms with Gasteiger partial charge in [-0.3, -0.25) is 0 Å². The van der Waals surface area contributed by atoms with Crippen molar-refractivity contribution in [1.29, 1.82) is 0 Å². The van der Waals surface area contributed by atoms with Crippen LogP contribution in [0.4, 0.5) is 0 Å². The van der Waals surface area contributed by atoms with Gasteiger partial charge in [0.2, 0.25) is 0 Å². The van der Waals surface area contributed by atoms with Gasteiger partial charge in [-0.25, -0.2) is 0 Å². The summed E-state index contributed by atoms with van der Waals surface area (Å²) in [5.74, 6) is 0. The first kappa shape index (κ1) is 11.8. The van der Waals surface area contributed by atoms with E-state index >= 15 is 0 Å². The van der Waals surface area contributed by atoms with Gasteiger partial charge in [-0.1, -0.05) is 48.0 Å². The largest absolute Gasteiger partial charge is 0.380 e. The van der Waals surface area contributed by atoms with E-state index in [1.807, 2.05) is 42.5 Å². The molecule has 0 fully saturated rings. The van der Waals surface area contributed by atoms with Crippen LogP contribution in [0.5, 0.6) is 0 Å². The Hall–Kier alpha value is -1.31. The predicted molar refractivity (Wildman–Crippen MR) is 73.8 cm³/mol. The SMILES string of the molecule is OC1(c2cccc(Cl)c2)CCCc2ccccc21. The van der Waals surface area contributed by atoms with Crippen LogP contribution >= 0.6 is 11.6 Å². The fraction of sp³-hybridized carbons (Fsp3) is 0.250. The Morgan fingerprint density at radius 1 is 1.06 bits per heavy atom. The highest BCUT2D eigenvalue weighted by molar-refractivity contribution is 6.30. The number of fused-ring (bicyclic) bond motifs is 1. The fourth-order valence-electron chi connectivity index (χ4n) is 2.86. The highest BCUT2D eigenvalue weighted by atomic mass is 35.5.